The van der Waals surface area contributed by atoms with Gasteiger partial charge in [-0.15, -0.1) is 11.8 Å². The fourth-order valence-corrected chi connectivity index (χ4v) is 4.08. The van der Waals surface area contributed by atoms with Gasteiger partial charge in [-0.2, -0.15) is 18.3 Å². The lowest BCUT2D eigenvalue weighted by molar-refractivity contribution is -0.137. The molecule has 0 aliphatic rings. The molecule has 1 heterocycles. The molecule has 0 unspecified atom stereocenters. The molecule has 0 bridgehead atoms. The van der Waals surface area contributed by atoms with Crippen LogP contribution in [0.2, 0.25) is 15.1 Å². The highest BCUT2D eigenvalue weighted by Crippen LogP contribution is 2.40. The van der Waals surface area contributed by atoms with Crippen molar-refractivity contribution in [2.45, 2.75) is 11.2 Å². The van der Waals surface area contributed by atoms with E-state index in [1.165, 1.54) is 6.07 Å². The third-order valence-electron chi connectivity index (χ3n) is 3.98. The largest absolute Gasteiger partial charge is 0.416 e. The Morgan fingerprint density at radius 3 is 2.21 bits per heavy atom. The first-order chi connectivity index (χ1) is 13.6. The number of nitrogen functional groups attached to an aromatic ring is 1. The van der Waals surface area contributed by atoms with Gasteiger partial charge in [0, 0.05) is 5.56 Å². The monoisotopic (exact) mass is 479 g/mol. The number of aromatic nitrogens is 2. The van der Waals surface area contributed by atoms with Crippen LogP contribution in [0.3, 0.4) is 0 Å². The summed E-state index contributed by atoms with van der Waals surface area (Å²) in [6, 6.07) is 7.84. The number of hydrogen-bond donors (Lipinski definition) is 1. The van der Waals surface area contributed by atoms with Crippen LogP contribution in [-0.2, 0) is 6.18 Å². The summed E-state index contributed by atoms with van der Waals surface area (Å²) in [4.78, 5) is 13.0. The van der Waals surface area contributed by atoms with E-state index in [4.69, 9.17) is 40.5 Å². The predicted molar refractivity (Wildman–Crippen MR) is 110 cm³/mol. The van der Waals surface area contributed by atoms with Crippen molar-refractivity contribution in [1.82, 2.24) is 9.78 Å². The lowest BCUT2D eigenvalue weighted by Crippen LogP contribution is -2.10. The number of hydrogen-bond acceptors (Lipinski definition) is 4. The molecule has 3 aromatic rings. The highest BCUT2D eigenvalue weighted by atomic mass is 35.5. The van der Waals surface area contributed by atoms with E-state index >= 15 is 0 Å². The quantitative estimate of drug-likeness (QED) is 0.347. The lowest BCUT2D eigenvalue weighted by Gasteiger charge is -2.13. The summed E-state index contributed by atoms with van der Waals surface area (Å²) >= 11 is 19.4. The zero-order valence-corrected chi connectivity index (χ0v) is 17.6. The first kappa shape index (κ1) is 21.8. The summed E-state index contributed by atoms with van der Waals surface area (Å²) in [6.45, 7) is 0. The second-order valence-electron chi connectivity index (χ2n) is 5.78. The number of alkyl halides is 3. The average molecular weight is 481 g/mol. The number of benzene rings is 2. The van der Waals surface area contributed by atoms with Crippen LogP contribution in [0.25, 0.3) is 5.69 Å². The Bertz CT molecular complexity index is 1090. The van der Waals surface area contributed by atoms with Crippen LogP contribution >= 0.6 is 46.6 Å². The lowest BCUT2D eigenvalue weighted by atomic mass is 10.1. The summed E-state index contributed by atoms with van der Waals surface area (Å²) in [5.74, 6) is -0.606. The molecule has 0 aliphatic heterocycles. The second kappa shape index (κ2) is 8.10. The summed E-state index contributed by atoms with van der Waals surface area (Å²) in [5, 5.41) is 4.07. The number of carbonyl (C=O) groups is 1. The molecular formula is C18H11Cl3F3N3OS. The summed E-state index contributed by atoms with van der Waals surface area (Å²) in [5.41, 5.74) is 5.33. The van der Waals surface area contributed by atoms with Gasteiger partial charge in [-0.25, -0.2) is 4.68 Å². The third kappa shape index (κ3) is 4.07. The molecule has 0 aliphatic carbocycles. The molecule has 152 valence electrons. The average Bonchev–Trinajstić information content (AvgIpc) is 2.96. The van der Waals surface area contributed by atoms with E-state index < -0.39 is 17.5 Å². The summed E-state index contributed by atoms with van der Waals surface area (Å²) in [6.07, 6.45) is -2.96. The SMILES string of the molecule is CSc1nn(-c2c(Cl)cc(C(F)(F)F)cc2Cl)c(N)c1C(=O)c1ccccc1Cl. The zero-order valence-electron chi connectivity index (χ0n) is 14.5. The standard InChI is InChI=1S/C18H11Cl3F3N3OS/c1-29-17-13(15(28)9-4-2-3-5-10(9)19)16(25)27(26-17)14-11(20)6-8(7-12(14)21)18(22,23)24/h2-7H,25H2,1H3. The van der Waals surface area contributed by atoms with Gasteiger partial charge in [-0.3, -0.25) is 4.79 Å². The molecule has 0 radical (unpaired) electrons. The van der Waals surface area contributed by atoms with E-state index in [9.17, 15) is 18.0 Å². The smallest absolute Gasteiger partial charge is 0.383 e. The molecule has 0 spiro atoms. The second-order valence-corrected chi connectivity index (χ2v) is 7.79. The maximum Gasteiger partial charge on any atom is 0.416 e. The van der Waals surface area contributed by atoms with Crippen LogP contribution in [0.1, 0.15) is 21.5 Å². The summed E-state index contributed by atoms with van der Waals surface area (Å²) in [7, 11) is 0. The number of rotatable bonds is 4. The van der Waals surface area contributed by atoms with Gasteiger partial charge in [0.25, 0.3) is 0 Å². The van der Waals surface area contributed by atoms with Crippen molar-refractivity contribution < 1.29 is 18.0 Å². The van der Waals surface area contributed by atoms with Gasteiger partial charge < -0.3 is 5.73 Å². The van der Waals surface area contributed by atoms with Gasteiger partial charge in [0.05, 0.1) is 26.2 Å². The van der Waals surface area contributed by atoms with Crippen LogP contribution in [0.4, 0.5) is 19.0 Å². The highest BCUT2D eigenvalue weighted by molar-refractivity contribution is 7.98. The maximum absolute atomic E-state index is 13.0. The van der Waals surface area contributed by atoms with Crippen molar-refractivity contribution >= 4 is 58.2 Å². The predicted octanol–water partition coefficient (Wildman–Crippen LogP) is 6.39. The fraction of sp³-hybridized carbons (Fsp3) is 0.111. The number of nitrogens with zero attached hydrogens (tertiary/aromatic N) is 2. The Morgan fingerprint density at radius 1 is 1.10 bits per heavy atom. The Hall–Kier alpha value is -1.87. The van der Waals surface area contributed by atoms with Crippen molar-refractivity contribution in [1.29, 1.82) is 0 Å². The first-order valence-electron chi connectivity index (χ1n) is 7.84. The number of ketones is 1. The topological polar surface area (TPSA) is 60.9 Å². The molecule has 0 atom stereocenters. The Labute approximate surface area is 182 Å². The fourth-order valence-electron chi connectivity index (χ4n) is 2.65. The van der Waals surface area contributed by atoms with Crippen molar-refractivity contribution in [3.05, 3.63) is 68.2 Å². The molecule has 3 rings (SSSR count). The molecular weight excluding hydrogens is 470 g/mol. The van der Waals surface area contributed by atoms with Crippen molar-refractivity contribution in [2.24, 2.45) is 0 Å². The molecule has 11 heteroatoms. The first-order valence-corrected chi connectivity index (χ1v) is 10.2. The minimum absolute atomic E-state index is 0.0534. The normalized spacial score (nSPS) is 11.7. The maximum atomic E-state index is 13.0. The van der Waals surface area contributed by atoms with E-state index in [1.54, 1.807) is 24.5 Å². The molecule has 0 saturated carbocycles. The van der Waals surface area contributed by atoms with Gasteiger partial charge >= 0.3 is 6.18 Å². The van der Waals surface area contributed by atoms with E-state index in [0.717, 1.165) is 28.6 Å². The molecule has 0 fully saturated rings. The van der Waals surface area contributed by atoms with Crippen LogP contribution < -0.4 is 5.73 Å². The molecule has 1 aromatic heterocycles. The number of nitrogens with two attached hydrogens (primary N) is 1. The van der Waals surface area contributed by atoms with Crippen LogP contribution in [0.5, 0.6) is 0 Å². The van der Waals surface area contributed by atoms with Gasteiger partial charge in [0.15, 0.2) is 0 Å². The van der Waals surface area contributed by atoms with Crippen LogP contribution in [-0.4, -0.2) is 21.8 Å². The van der Waals surface area contributed by atoms with E-state index in [0.29, 0.717) is 0 Å². The van der Waals surface area contributed by atoms with E-state index in [1.807, 2.05) is 0 Å². The summed E-state index contributed by atoms with van der Waals surface area (Å²) < 4.78 is 40.0. The molecule has 2 aromatic carbocycles. The number of halogens is 6. The van der Waals surface area contributed by atoms with Crippen molar-refractivity contribution in [3.8, 4) is 5.69 Å². The molecule has 0 saturated heterocycles. The van der Waals surface area contributed by atoms with Gasteiger partial charge in [-0.05, 0) is 30.5 Å². The molecule has 29 heavy (non-hydrogen) atoms. The Balaban J connectivity index is 2.20. The van der Waals surface area contributed by atoms with Crippen LogP contribution in [0.15, 0.2) is 41.4 Å². The number of anilines is 1. The Kier molecular flexibility index (Phi) is 6.10. The molecule has 0 amide bonds. The number of carbonyl (C=O) groups excluding carboxylic acids is 1. The number of thioether (sulfide) groups is 1. The molecule has 4 nitrogen and oxygen atoms in total. The minimum Gasteiger partial charge on any atom is -0.383 e. The van der Waals surface area contributed by atoms with Gasteiger partial charge in [0.1, 0.15) is 16.5 Å². The van der Waals surface area contributed by atoms with Gasteiger partial charge in [0.2, 0.25) is 5.78 Å². The highest BCUT2D eigenvalue weighted by Gasteiger charge is 2.33. The third-order valence-corrected chi connectivity index (χ3v) is 5.56. The van der Waals surface area contributed by atoms with Crippen LogP contribution in [0, 0.1) is 0 Å². The zero-order chi connectivity index (χ0) is 21.5. The van der Waals surface area contributed by atoms with Crippen molar-refractivity contribution in [2.75, 3.05) is 12.0 Å². The van der Waals surface area contributed by atoms with E-state index in [-0.39, 0.29) is 42.7 Å². The molecule has 2 N–H and O–H groups in total. The van der Waals surface area contributed by atoms with E-state index in [2.05, 4.69) is 5.10 Å². The Morgan fingerprint density at radius 2 is 1.69 bits per heavy atom. The minimum atomic E-state index is -4.63. The van der Waals surface area contributed by atoms with Crippen molar-refractivity contribution in [3.63, 3.8) is 0 Å². The van der Waals surface area contributed by atoms with Gasteiger partial charge in [-0.1, -0.05) is 46.9 Å².